The molecule has 1 aliphatic heterocycles. The maximum absolute atomic E-state index is 4.80. The van der Waals surface area contributed by atoms with E-state index in [4.69, 9.17) is 15.0 Å². The summed E-state index contributed by atoms with van der Waals surface area (Å²) in [6.07, 6.45) is 4.57. The van der Waals surface area contributed by atoms with Gasteiger partial charge in [-0.1, -0.05) is 0 Å². The van der Waals surface area contributed by atoms with Crippen molar-refractivity contribution in [1.29, 1.82) is 0 Å². The second kappa shape index (κ2) is 6.16. The normalized spacial score (nSPS) is 20.5. The van der Waals surface area contributed by atoms with Crippen molar-refractivity contribution in [2.75, 3.05) is 37.3 Å². The molecule has 6 heteroatoms. The topological polar surface area (TPSA) is 66.0 Å². The van der Waals surface area contributed by atoms with E-state index >= 15 is 0 Å². The highest BCUT2D eigenvalue weighted by molar-refractivity contribution is 5.92. The van der Waals surface area contributed by atoms with Crippen LogP contribution in [0.4, 0.5) is 11.8 Å². The van der Waals surface area contributed by atoms with Crippen LogP contribution in [-0.4, -0.2) is 52.6 Å². The van der Waals surface area contributed by atoms with E-state index in [1.165, 1.54) is 17.5 Å². The number of anilines is 2. The van der Waals surface area contributed by atoms with Crippen LogP contribution in [0.3, 0.4) is 0 Å². The van der Waals surface area contributed by atoms with Crippen LogP contribution in [-0.2, 0) is 12.8 Å². The van der Waals surface area contributed by atoms with Gasteiger partial charge in [-0.3, -0.25) is 0 Å². The van der Waals surface area contributed by atoms with Gasteiger partial charge in [0.1, 0.15) is 5.82 Å². The van der Waals surface area contributed by atoms with Gasteiger partial charge >= 0.3 is 0 Å². The molecule has 4 rings (SSSR count). The van der Waals surface area contributed by atoms with Crippen molar-refractivity contribution in [3.8, 4) is 0 Å². The SMILES string of the molecule is CCNc1nc(NC2CCN(C)C2)nc2nc(C)c3c(c12)CCC3. The average molecular weight is 326 g/mol. The van der Waals surface area contributed by atoms with Gasteiger partial charge in [-0.25, -0.2) is 4.98 Å². The summed E-state index contributed by atoms with van der Waals surface area (Å²) in [6.45, 7) is 7.22. The van der Waals surface area contributed by atoms with Crippen molar-refractivity contribution < 1.29 is 0 Å². The van der Waals surface area contributed by atoms with E-state index in [0.717, 1.165) is 61.4 Å². The maximum Gasteiger partial charge on any atom is 0.226 e. The highest BCUT2D eigenvalue weighted by Gasteiger charge is 2.24. The third-order valence-corrected chi connectivity index (χ3v) is 5.19. The predicted molar refractivity (Wildman–Crippen MR) is 97.8 cm³/mol. The van der Waals surface area contributed by atoms with Gasteiger partial charge in [-0.05, 0) is 64.3 Å². The largest absolute Gasteiger partial charge is 0.370 e. The van der Waals surface area contributed by atoms with Crippen LogP contribution in [0.15, 0.2) is 0 Å². The molecule has 1 aliphatic carbocycles. The Balaban J connectivity index is 1.78. The van der Waals surface area contributed by atoms with Crippen molar-refractivity contribution in [3.05, 3.63) is 16.8 Å². The summed E-state index contributed by atoms with van der Waals surface area (Å²) in [7, 11) is 2.15. The summed E-state index contributed by atoms with van der Waals surface area (Å²) in [6, 6.07) is 0.414. The van der Waals surface area contributed by atoms with Gasteiger partial charge in [0, 0.05) is 24.8 Å². The Labute approximate surface area is 143 Å². The lowest BCUT2D eigenvalue weighted by atomic mass is 10.1. The molecular weight excluding hydrogens is 300 g/mol. The maximum atomic E-state index is 4.80. The zero-order valence-electron chi connectivity index (χ0n) is 14.8. The summed E-state index contributed by atoms with van der Waals surface area (Å²) < 4.78 is 0. The molecule has 2 N–H and O–H groups in total. The van der Waals surface area contributed by atoms with Crippen molar-refractivity contribution in [2.24, 2.45) is 0 Å². The van der Waals surface area contributed by atoms with Crippen molar-refractivity contribution in [2.45, 2.75) is 45.6 Å². The molecule has 3 heterocycles. The van der Waals surface area contributed by atoms with Crippen LogP contribution in [0, 0.1) is 6.92 Å². The first-order valence-corrected chi connectivity index (χ1v) is 9.04. The summed E-state index contributed by atoms with van der Waals surface area (Å²) in [4.78, 5) is 16.7. The Bertz CT molecular complexity index is 772. The lowest BCUT2D eigenvalue weighted by Gasteiger charge is -2.17. The van der Waals surface area contributed by atoms with Gasteiger partial charge in [-0.2, -0.15) is 9.97 Å². The number of nitrogens with one attached hydrogen (secondary N) is 2. The van der Waals surface area contributed by atoms with E-state index in [-0.39, 0.29) is 0 Å². The quantitative estimate of drug-likeness (QED) is 0.899. The van der Waals surface area contributed by atoms with E-state index < -0.39 is 0 Å². The van der Waals surface area contributed by atoms with Crippen molar-refractivity contribution >= 4 is 22.8 Å². The molecule has 128 valence electrons. The molecule has 2 aromatic heterocycles. The minimum atomic E-state index is 0.414. The van der Waals surface area contributed by atoms with Gasteiger partial charge in [-0.15, -0.1) is 0 Å². The summed E-state index contributed by atoms with van der Waals surface area (Å²) in [5.41, 5.74) is 4.76. The molecule has 0 saturated carbocycles. The second-order valence-corrected chi connectivity index (χ2v) is 7.02. The van der Waals surface area contributed by atoms with Crippen molar-refractivity contribution in [1.82, 2.24) is 19.9 Å². The fourth-order valence-electron chi connectivity index (χ4n) is 4.05. The van der Waals surface area contributed by atoms with Gasteiger partial charge < -0.3 is 15.5 Å². The van der Waals surface area contributed by atoms with Crippen LogP contribution in [0.25, 0.3) is 11.0 Å². The molecule has 0 bridgehead atoms. The molecule has 6 nitrogen and oxygen atoms in total. The van der Waals surface area contributed by atoms with Crippen molar-refractivity contribution in [3.63, 3.8) is 0 Å². The standard InChI is InChI=1S/C18H26N6/c1-4-19-16-15-14-7-5-6-13(14)11(2)20-17(15)23-18(22-16)21-12-8-9-24(3)10-12/h12H,4-10H2,1-3H3,(H2,19,20,21,22,23). The number of nitrogens with zero attached hydrogens (tertiary/aromatic N) is 4. The third kappa shape index (κ3) is 2.69. The minimum absolute atomic E-state index is 0.414. The third-order valence-electron chi connectivity index (χ3n) is 5.19. The molecule has 1 fully saturated rings. The molecule has 0 radical (unpaired) electrons. The Kier molecular flexibility index (Phi) is 4.00. The molecule has 0 amide bonds. The van der Waals surface area contributed by atoms with E-state index in [2.05, 4.69) is 36.4 Å². The van der Waals surface area contributed by atoms with Crippen LogP contribution in [0.1, 0.15) is 36.6 Å². The molecule has 1 saturated heterocycles. The highest BCUT2D eigenvalue weighted by Crippen LogP contribution is 2.34. The van der Waals surface area contributed by atoms with Crippen LogP contribution in [0.2, 0.25) is 0 Å². The Morgan fingerprint density at radius 3 is 2.75 bits per heavy atom. The first-order valence-electron chi connectivity index (χ1n) is 9.04. The Hall–Kier alpha value is -1.95. The van der Waals surface area contributed by atoms with Crippen LogP contribution < -0.4 is 10.6 Å². The van der Waals surface area contributed by atoms with E-state index in [1.54, 1.807) is 0 Å². The van der Waals surface area contributed by atoms with E-state index in [0.29, 0.717) is 12.0 Å². The number of pyridine rings is 1. The fourth-order valence-corrected chi connectivity index (χ4v) is 4.05. The fraction of sp³-hybridized carbons (Fsp3) is 0.611. The van der Waals surface area contributed by atoms with Gasteiger partial charge in [0.2, 0.25) is 5.95 Å². The molecule has 0 spiro atoms. The summed E-state index contributed by atoms with van der Waals surface area (Å²) in [5.74, 6) is 1.63. The highest BCUT2D eigenvalue weighted by atomic mass is 15.2. The smallest absolute Gasteiger partial charge is 0.226 e. The van der Waals surface area contributed by atoms with E-state index in [1.807, 2.05) is 0 Å². The second-order valence-electron chi connectivity index (χ2n) is 7.02. The molecule has 1 atom stereocenters. The molecular formula is C18H26N6. The number of likely N-dealkylation sites (tertiary alicyclic amines) is 1. The van der Waals surface area contributed by atoms with Gasteiger partial charge in [0.25, 0.3) is 0 Å². The zero-order chi connectivity index (χ0) is 16.7. The first kappa shape index (κ1) is 15.6. The number of aromatic nitrogens is 3. The monoisotopic (exact) mass is 326 g/mol. The molecule has 2 aliphatic rings. The average Bonchev–Trinajstić information content (AvgIpc) is 3.17. The van der Waals surface area contributed by atoms with Gasteiger partial charge in [0.15, 0.2) is 5.65 Å². The molecule has 0 aromatic carbocycles. The first-order chi connectivity index (χ1) is 11.7. The lowest BCUT2D eigenvalue weighted by molar-refractivity contribution is 0.414. The number of rotatable bonds is 4. The minimum Gasteiger partial charge on any atom is -0.370 e. The van der Waals surface area contributed by atoms with Gasteiger partial charge in [0.05, 0.1) is 5.39 Å². The lowest BCUT2D eigenvalue weighted by Crippen LogP contribution is -2.25. The number of fused-ring (bicyclic) bond motifs is 3. The summed E-state index contributed by atoms with van der Waals surface area (Å²) in [5, 5.41) is 8.07. The number of hydrogen-bond donors (Lipinski definition) is 2. The van der Waals surface area contributed by atoms with E-state index in [9.17, 15) is 0 Å². The molecule has 1 unspecified atom stereocenters. The number of likely N-dealkylation sites (N-methyl/N-ethyl adjacent to an activating group) is 1. The molecule has 2 aromatic rings. The van der Waals surface area contributed by atoms with Crippen LogP contribution >= 0.6 is 0 Å². The number of hydrogen-bond acceptors (Lipinski definition) is 6. The number of aryl methyl sites for hydroxylation is 2. The molecule has 24 heavy (non-hydrogen) atoms. The Morgan fingerprint density at radius 2 is 2.00 bits per heavy atom. The van der Waals surface area contributed by atoms with Crippen LogP contribution in [0.5, 0.6) is 0 Å². The summed E-state index contributed by atoms with van der Waals surface area (Å²) >= 11 is 0. The Morgan fingerprint density at radius 1 is 1.17 bits per heavy atom. The predicted octanol–water partition coefficient (Wildman–Crippen LogP) is 2.37. The zero-order valence-corrected chi connectivity index (χ0v) is 14.8.